The van der Waals surface area contributed by atoms with Crippen LogP contribution in [0.15, 0.2) is 11.6 Å². The second kappa shape index (κ2) is 7.74. The minimum atomic E-state index is -1.18. The second-order valence-electron chi connectivity index (χ2n) is 11.5. The van der Waals surface area contributed by atoms with Crippen molar-refractivity contribution in [3.05, 3.63) is 11.6 Å². The van der Waals surface area contributed by atoms with Crippen molar-refractivity contribution in [2.24, 2.45) is 22.7 Å². The fraction of sp³-hybridized carbons (Fsp3) is 0.815. The molecule has 4 aliphatic carbocycles. The Hall–Kier alpha value is -1.53. The smallest absolute Gasteiger partial charge is 0.377 e. The van der Waals surface area contributed by atoms with Gasteiger partial charge in [-0.2, -0.15) is 0 Å². The molecule has 6 heteroatoms. The fourth-order valence-corrected chi connectivity index (χ4v) is 8.52. The molecule has 6 nitrogen and oxygen atoms in total. The zero-order valence-electron chi connectivity index (χ0n) is 20.5. The average Bonchev–Trinajstić information content (AvgIpc) is 2.91. The maximum atomic E-state index is 13.7. The van der Waals surface area contributed by atoms with Gasteiger partial charge >= 0.3 is 5.97 Å². The zero-order valence-corrected chi connectivity index (χ0v) is 20.5. The lowest BCUT2D eigenvalue weighted by molar-refractivity contribution is -0.363. The van der Waals surface area contributed by atoms with E-state index in [4.69, 9.17) is 14.2 Å². The monoisotopic (exact) mass is 458 g/mol. The number of hydrogen-bond donors (Lipinski definition) is 0. The molecule has 0 aromatic carbocycles. The summed E-state index contributed by atoms with van der Waals surface area (Å²) in [6, 6.07) is 0. The highest BCUT2D eigenvalue weighted by molar-refractivity contribution is 6.37. The number of rotatable bonds is 5. The van der Waals surface area contributed by atoms with E-state index in [9.17, 15) is 14.4 Å². The highest BCUT2D eigenvalue weighted by atomic mass is 16.7. The fourth-order valence-electron chi connectivity index (χ4n) is 8.52. The van der Waals surface area contributed by atoms with Gasteiger partial charge in [0.1, 0.15) is 5.60 Å². The number of carbonyl (C=O) groups excluding carboxylic acids is 3. The lowest BCUT2D eigenvalue weighted by atomic mass is 9.44. The van der Waals surface area contributed by atoms with Crippen LogP contribution in [-0.4, -0.2) is 41.6 Å². The Kier molecular flexibility index (Phi) is 5.45. The number of ketones is 2. The first-order valence-corrected chi connectivity index (χ1v) is 12.9. The molecule has 1 unspecified atom stereocenters. The first kappa shape index (κ1) is 23.2. The van der Waals surface area contributed by atoms with Gasteiger partial charge in [0.15, 0.2) is 12.1 Å². The van der Waals surface area contributed by atoms with Gasteiger partial charge in [0.05, 0.1) is 12.2 Å². The predicted octanol–water partition coefficient (Wildman–Crippen LogP) is 4.68. The summed E-state index contributed by atoms with van der Waals surface area (Å²) in [5.41, 5.74) is -0.940. The van der Waals surface area contributed by atoms with Gasteiger partial charge < -0.3 is 14.2 Å². The van der Waals surface area contributed by atoms with Crippen molar-refractivity contribution in [2.75, 3.05) is 6.61 Å². The molecule has 1 heterocycles. The molecule has 1 saturated heterocycles. The number of Topliss-reactive ketones (excluding diaryl/α,β-unsaturated/α-hetero) is 1. The van der Waals surface area contributed by atoms with Crippen molar-refractivity contribution in [1.29, 1.82) is 0 Å². The average molecular weight is 459 g/mol. The highest BCUT2D eigenvalue weighted by Crippen LogP contribution is 2.73. The van der Waals surface area contributed by atoms with Crippen molar-refractivity contribution >= 4 is 17.5 Å². The van der Waals surface area contributed by atoms with E-state index in [1.165, 1.54) is 5.57 Å². The van der Waals surface area contributed by atoms with Crippen LogP contribution < -0.4 is 0 Å². The standard InChI is InChI=1S/C27H38O6/c1-5-6-15-31-23(30)22(29)27-14-13-26(32-17(2)33-27)21-8-7-18-16-19(28)9-11-24(18,3)20(21)10-12-25(26,27)4/h16-17,20-21H,5-15H2,1-4H3/t17?,20-,21+,24-,25-,26+,27+/m0/s1. The molecule has 3 saturated carbocycles. The summed E-state index contributed by atoms with van der Waals surface area (Å²) < 4.78 is 18.4. The Labute approximate surface area is 196 Å². The normalized spacial score (nSPS) is 46.0. The molecule has 4 fully saturated rings. The van der Waals surface area contributed by atoms with E-state index >= 15 is 0 Å². The maximum Gasteiger partial charge on any atom is 0.377 e. The molecule has 7 atom stereocenters. The number of esters is 1. The highest BCUT2D eigenvalue weighted by Gasteiger charge is 2.78. The molecule has 2 bridgehead atoms. The van der Waals surface area contributed by atoms with E-state index < -0.39 is 34.7 Å². The number of hydrogen-bond acceptors (Lipinski definition) is 6. The molecule has 0 amide bonds. The minimum Gasteiger partial charge on any atom is -0.460 e. The van der Waals surface area contributed by atoms with Gasteiger partial charge in [-0.1, -0.05) is 32.8 Å². The number of fused-ring (bicyclic) bond motifs is 3. The van der Waals surface area contributed by atoms with Gasteiger partial charge in [-0.15, -0.1) is 0 Å². The van der Waals surface area contributed by atoms with E-state index in [-0.39, 0.29) is 23.7 Å². The summed E-state index contributed by atoms with van der Waals surface area (Å²) in [6.45, 7) is 8.60. The Balaban J connectivity index is 1.51. The third-order valence-electron chi connectivity index (χ3n) is 10.2. The molecule has 182 valence electrons. The molecule has 5 rings (SSSR count). The number of allylic oxidation sites excluding steroid dienone is 1. The molecular weight excluding hydrogens is 420 g/mol. The summed E-state index contributed by atoms with van der Waals surface area (Å²) in [5, 5.41) is 0. The number of carbonyl (C=O) groups is 3. The van der Waals surface area contributed by atoms with Crippen LogP contribution in [0.5, 0.6) is 0 Å². The Morgan fingerprint density at radius 2 is 1.85 bits per heavy atom. The van der Waals surface area contributed by atoms with E-state index in [2.05, 4.69) is 13.8 Å². The largest absolute Gasteiger partial charge is 0.460 e. The lowest BCUT2D eigenvalue weighted by Crippen LogP contribution is -2.72. The van der Waals surface area contributed by atoms with Gasteiger partial charge in [0, 0.05) is 11.8 Å². The van der Waals surface area contributed by atoms with Gasteiger partial charge in [-0.3, -0.25) is 9.59 Å². The number of ether oxygens (including phenoxy) is 3. The summed E-state index contributed by atoms with van der Waals surface area (Å²) in [5.74, 6) is -0.344. The summed E-state index contributed by atoms with van der Waals surface area (Å²) in [7, 11) is 0. The van der Waals surface area contributed by atoms with Crippen molar-refractivity contribution in [3.63, 3.8) is 0 Å². The summed E-state index contributed by atoms with van der Waals surface area (Å²) in [6.07, 6.45) is 9.30. The van der Waals surface area contributed by atoms with Crippen LogP contribution in [0.1, 0.15) is 91.9 Å². The molecule has 1 aliphatic heterocycles. The summed E-state index contributed by atoms with van der Waals surface area (Å²) >= 11 is 0. The van der Waals surface area contributed by atoms with Crippen LogP contribution in [0.4, 0.5) is 0 Å². The van der Waals surface area contributed by atoms with Crippen LogP contribution in [0.3, 0.4) is 0 Å². The molecule has 0 N–H and O–H groups in total. The minimum absolute atomic E-state index is 0.00610. The van der Waals surface area contributed by atoms with Crippen LogP contribution in [0, 0.1) is 22.7 Å². The Morgan fingerprint density at radius 3 is 2.61 bits per heavy atom. The Bertz CT molecular complexity index is 908. The van der Waals surface area contributed by atoms with E-state index in [1.807, 2.05) is 19.9 Å². The quantitative estimate of drug-likeness (QED) is 0.338. The Morgan fingerprint density at radius 1 is 1.06 bits per heavy atom. The SMILES string of the molecule is CCCCOC(=O)C(=O)[C@@]12CC[C@@]3(OC(C)O1)[C@@H]1CCC4=CC(=O)CC[C@]4(C)[C@H]1CC[C@]23C. The second-order valence-corrected chi connectivity index (χ2v) is 11.5. The van der Waals surface area contributed by atoms with Crippen LogP contribution in [0.2, 0.25) is 0 Å². The van der Waals surface area contributed by atoms with E-state index in [0.717, 1.165) is 51.4 Å². The first-order chi connectivity index (χ1) is 15.6. The van der Waals surface area contributed by atoms with Gasteiger partial charge in [-0.25, -0.2) is 4.79 Å². The molecule has 0 aromatic heterocycles. The van der Waals surface area contributed by atoms with Gasteiger partial charge in [-0.05, 0) is 81.6 Å². The van der Waals surface area contributed by atoms with Gasteiger partial charge in [0.25, 0.3) is 5.78 Å². The third-order valence-corrected chi connectivity index (χ3v) is 10.2. The van der Waals surface area contributed by atoms with Crippen LogP contribution in [-0.2, 0) is 28.6 Å². The van der Waals surface area contributed by atoms with E-state index in [0.29, 0.717) is 18.8 Å². The van der Waals surface area contributed by atoms with Gasteiger partial charge in [0.2, 0.25) is 0 Å². The van der Waals surface area contributed by atoms with Crippen molar-refractivity contribution in [2.45, 2.75) is 109 Å². The zero-order chi connectivity index (χ0) is 23.6. The molecule has 33 heavy (non-hydrogen) atoms. The van der Waals surface area contributed by atoms with Crippen molar-refractivity contribution in [3.8, 4) is 0 Å². The summed E-state index contributed by atoms with van der Waals surface area (Å²) in [4.78, 5) is 38.6. The number of unbranched alkanes of at least 4 members (excludes halogenated alkanes) is 1. The van der Waals surface area contributed by atoms with Crippen LogP contribution >= 0.6 is 0 Å². The van der Waals surface area contributed by atoms with Crippen LogP contribution in [0.25, 0.3) is 0 Å². The molecule has 0 aromatic rings. The van der Waals surface area contributed by atoms with Crippen molar-refractivity contribution < 1.29 is 28.6 Å². The molecule has 0 spiro atoms. The topological polar surface area (TPSA) is 78.9 Å². The third kappa shape index (κ3) is 2.95. The maximum absolute atomic E-state index is 13.7. The lowest BCUT2D eigenvalue weighted by Gasteiger charge is -2.66. The first-order valence-electron chi connectivity index (χ1n) is 12.9. The molecule has 5 aliphatic rings. The van der Waals surface area contributed by atoms with E-state index in [1.54, 1.807) is 0 Å². The van der Waals surface area contributed by atoms with Crippen molar-refractivity contribution in [1.82, 2.24) is 0 Å². The molecule has 0 radical (unpaired) electrons. The molecular formula is C27H38O6. The predicted molar refractivity (Wildman–Crippen MR) is 121 cm³/mol.